The molecule has 3 N–H and O–H groups in total. The highest BCUT2D eigenvalue weighted by Crippen LogP contribution is 2.40. The van der Waals surface area contributed by atoms with Gasteiger partial charge < -0.3 is 10.6 Å². The third-order valence-electron chi connectivity index (χ3n) is 3.78. The summed E-state index contributed by atoms with van der Waals surface area (Å²) in [6, 6.07) is 9.77. The highest BCUT2D eigenvalue weighted by Gasteiger charge is 2.31. The summed E-state index contributed by atoms with van der Waals surface area (Å²) in [7, 11) is 0. The van der Waals surface area contributed by atoms with Gasteiger partial charge in [-0.1, -0.05) is 18.2 Å². The van der Waals surface area contributed by atoms with Crippen molar-refractivity contribution in [2.45, 2.75) is 19.4 Å². The van der Waals surface area contributed by atoms with Crippen LogP contribution in [0.1, 0.15) is 18.1 Å². The Balaban J connectivity index is 2.15. The quantitative estimate of drug-likeness (QED) is 0.657. The molecule has 0 amide bonds. The van der Waals surface area contributed by atoms with E-state index in [1.54, 1.807) is 4.90 Å². The number of nitrogens with two attached hydrogens (primary N) is 1. The number of rotatable bonds is 2. The smallest absolute Gasteiger partial charge is 0.150 e. The fourth-order valence-electron chi connectivity index (χ4n) is 2.86. The maximum atomic E-state index is 14.4. The van der Waals surface area contributed by atoms with E-state index in [-0.39, 0.29) is 23.1 Å². The molecule has 0 aliphatic carbocycles. The summed E-state index contributed by atoms with van der Waals surface area (Å²) < 4.78 is 28.7. The van der Waals surface area contributed by atoms with Crippen molar-refractivity contribution in [3.05, 3.63) is 59.2 Å². The Morgan fingerprint density at radius 1 is 1.24 bits per heavy atom. The third kappa shape index (κ3) is 2.14. The molecule has 0 fully saturated rings. The maximum absolute atomic E-state index is 14.4. The van der Waals surface area contributed by atoms with E-state index in [9.17, 15) is 8.78 Å². The summed E-state index contributed by atoms with van der Waals surface area (Å²) in [5.41, 5.74) is 7.15. The summed E-state index contributed by atoms with van der Waals surface area (Å²) in [4.78, 5) is 1.67. The number of hydrogen-bond acceptors (Lipinski definition) is 2. The average molecular weight is 287 g/mol. The molecule has 0 bridgehead atoms. The van der Waals surface area contributed by atoms with E-state index in [0.29, 0.717) is 0 Å². The van der Waals surface area contributed by atoms with Crippen molar-refractivity contribution in [3.63, 3.8) is 0 Å². The van der Waals surface area contributed by atoms with Gasteiger partial charge in [-0.2, -0.15) is 0 Å². The van der Waals surface area contributed by atoms with Crippen molar-refractivity contribution in [3.8, 4) is 0 Å². The molecule has 0 radical (unpaired) electrons. The van der Waals surface area contributed by atoms with Crippen molar-refractivity contribution in [1.29, 1.82) is 5.41 Å². The van der Waals surface area contributed by atoms with Crippen LogP contribution in [0.25, 0.3) is 0 Å². The van der Waals surface area contributed by atoms with Crippen molar-refractivity contribution in [2.75, 3.05) is 4.90 Å². The van der Waals surface area contributed by atoms with Crippen LogP contribution in [0.5, 0.6) is 0 Å². The monoisotopic (exact) mass is 287 g/mol. The molecule has 1 atom stereocenters. The van der Waals surface area contributed by atoms with Gasteiger partial charge in [0.25, 0.3) is 0 Å². The summed E-state index contributed by atoms with van der Waals surface area (Å²) in [6.07, 6.45) is 0.740. The van der Waals surface area contributed by atoms with Gasteiger partial charge >= 0.3 is 0 Å². The molecule has 3 nitrogen and oxygen atoms in total. The first-order valence-corrected chi connectivity index (χ1v) is 6.69. The van der Waals surface area contributed by atoms with E-state index in [1.807, 2.05) is 31.2 Å². The topological polar surface area (TPSA) is 53.1 Å². The molecule has 1 aliphatic rings. The molecular weight excluding hydrogens is 272 g/mol. The molecule has 2 aromatic carbocycles. The second-order valence-corrected chi connectivity index (χ2v) is 5.25. The van der Waals surface area contributed by atoms with E-state index in [0.717, 1.165) is 29.8 Å². The fraction of sp³-hybridized carbons (Fsp3) is 0.188. The van der Waals surface area contributed by atoms with Crippen LogP contribution in [0.4, 0.5) is 20.2 Å². The molecule has 1 aliphatic heterocycles. The van der Waals surface area contributed by atoms with Gasteiger partial charge in [0.2, 0.25) is 0 Å². The van der Waals surface area contributed by atoms with Crippen LogP contribution in [0.2, 0.25) is 0 Å². The lowest BCUT2D eigenvalue weighted by Crippen LogP contribution is -2.26. The molecule has 0 spiro atoms. The minimum atomic E-state index is -0.705. The zero-order valence-corrected chi connectivity index (χ0v) is 11.5. The Morgan fingerprint density at radius 2 is 1.86 bits per heavy atom. The Bertz CT molecular complexity index is 704. The van der Waals surface area contributed by atoms with E-state index < -0.39 is 11.6 Å². The van der Waals surface area contributed by atoms with Gasteiger partial charge in [0.15, 0.2) is 11.6 Å². The van der Waals surface area contributed by atoms with Gasteiger partial charge in [0.1, 0.15) is 11.5 Å². The second kappa shape index (κ2) is 4.84. The van der Waals surface area contributed by atoms with Crippen molar-refractivity contribution >= 4 is 17.2 Å². The van der Waals surface area contributed by atoms with Crippen molar-refractivity contribution in [2.24, 2.45) is 5.73 Å². The zero-order valence-electron chi connectivity index (χ0n) is 11.5. The number of fused-ring (bicyclic) bond motifs is 1. The predicted molar refractivity (Wildman–Crippen MR) is 79.1 cm³/mol. The maximum Gasteiger partial charge on any atom is 0.150 e. The standard InChI is InChI=1S/C16H15F2N3/c1-9-6-10-4-2-3-5-14(10)21(9)15-12(17)7-11(16(19)20)8-13(15)18/h2-5,7-9H,6H2,1H3,(H3,19,20). The SMILES string of the molecule is CC1Cc2ccccc2N1c1c(F)cc(C(=N)N)cc1F. The number of halogens is 2. The molecule has 0 saturated carbocycles. The van der Waals surface area contributed by atoms with Crippen LogP contribution >= 0.6 is 0 Å². The minimum absolute atomic E-state index is 0.0328. The van der Waals surface area contributed by atoms with Crippen molar-refractivity contribution < 1.29 is 8.78 Å². The lowest BCUT2D eigenvalue weighted by atomic mass is 10.1. The van der Waals surface area contributed by atoms with Crippen LogP contribution < -0.4 is 10.6 Å². The molecule has 0 aromatic heterocycles. The van der Waals surface area contributed by atoms with Crippen LogP contribution in [0.15, 0.2) is 36.4 Å². The first-order valence-electron chi connectivity index (χ1n) is 6.69. The van der Waals surface area contributed by atoms with Gasteiger partial charge in [0.05, 0.1) is 0 Å². The number of hydrogen-bond donors (Lipinski definition) is 2. The molecule has 3 rings (SSSR count). The predicted octanol–water partition coefficient (Wildman–Crippen LogP) is 3.33. The van der Waals surface area contributed by atoms with Crippen LogP contribution in [0, 0.1) is 17.0 Å². The first kappa shape index (κ1) is 13.5. The van der Waals surface area contributed by atoms with E-state index in [2.05, 4.69) is 0 Å². The number of nitrogens with one attached hydrogen (secondary N) is 1. The number of benzene rings is 2. The van der Waals surface area contributed by atoms with Gasteiger partial charge in [-0.25, -0.2) is 8.78 Å². The normalized spacial score (nSPS) is 16.9. The average Bonchev–Trinajstić information content (AvgIpc) is 2.74. The Morgan fingerprint density at radius 3 is 2.48 bits per heavy atom. The number of amidine groups is 1. The largest absolute Gasteiger partial charge is 0.384 e. The molecule has 108 valence electrons. The van der Waals surface area contributed by atoms with E-state index >= 15 is 0 Å². The van der Waals surface area contributed by atoms with Crippen LogP contribution in [-0.2, 0) is 6.42 Å². The molecule has 2 aromatic rings. The lowest BCUT2D eigenvalue weighted by molar-refractivity contribution is 0.572. The number of nitrogens with zero attached hydrogens (tertiary/aromatic N) is 1. The molecule has 5 heteroatoms. The van der Waals surface area contributed by atoms with Crippen LogP contribution in [-0.4, -0.2) is 11.9 Å². The highest BCUT2D eigenvalue weighted by atomic mass is 19.1. The zero-order chi connectivity index (χ0) is 15.1. The molecule has 1 unspecified atom stereocenters. The van der Waals surface area contributed by atoms with E-state index in [4.69, 9.17) is 11.1 Å². The second-order valence-electron chi connectivity index (χ2n) is 5.25. The first-order chi connectivity index (χ1) is 9.99. The van der Waals surface area contributed by atoms with Gasteiger partial charge in [0, 0.05) is 17.3 Å². The Hall–Kier alpha value is -2.43. The van der Waals surface area contributed by atoms with Gasteiger partial charge in [-0.3, -0.25) is 5.41 Å². The number of anilines is 2. The summed E-state index contributed by atoms with van der Waals surface area (Å²) >= 11 is 0. The summed E-state index contributed by atoms with van der Waals surface area (Å²) in [5.74, 6) is -1.76. The van der Waals surface area contributed by atoms with Gasteiger partial charge in [-0.05, 0) is 37.1 Å². The summed E-state index contributed by atoms with van der Waals surface area (Å²) in [6.45, 7) is 1.93. The minimum Gasteiger partial charge on any atom is -0.384 e. The Labute approximate surface area is 121 Å². The summed E-state index contributed by atoms with van der Waals surface area (Å²) in [5, 5.41) is 7.30. The van der Waals surface area contributed by atoms with Crippen LogP contribution in [0.3, 0.4) is 0 Å². The third-order valence-corrected chi connectivity index (χ3v) is 3.78. The Kier molecular flexibility index (Phi) is 3.12. The molecular formula is C16H15F2N3. The lowest BCUT2D eigenvalue weighted by Gasteiger charge is -2.26. The van der Waals surface area contributed by atoms with Crippen molar-refractivity contribution in [1.82, 2.24) is 0 Å². The van der Waals surface area contributed by atoms with Gasteiger partial charge in [-0.15, -0.1) is 0 Å². The fourth-order valence-corrected chi connectivity index (χ4v) is 2.86. The van der Waals surface area contributed by atoms with E-state index in [1.165, 1.54) is 0 Å². The molecule has 1 heterocycles. The number of nitrogen functional groups attached to an aromatic ring is 1. The molecule has 21 heavy (non-hydrogen) atoms. The highest BCUT2D eigenvalue weighted by molar-refractivity contribution is 5.95. The molecule has 0 saturated heterocycles. The number of para-hydroxylation sites is 1.